The summed E-state index contributed by atoms with van der Waals surface area (Å²) in [5.41, 5.74) is 8.96. The normalized spacial score (nSPS) is 11.0. The van der Waals surface area contributed by atoms with E-state index in [0.717, 1.165) is 11.3 Å². The van der Waals surface area contributed by atoms with Gasteiger partial charge in [-0.25, -0.2) is 14.1 Å². The van der Waals surface area contributed by atoms with E-state index in [4.69, 9.17) is 15.2 Å². The summed E-state index contributed by atoms with van der Waals surface area (Å²) in [7, 11) is 3.24. The standard InChI is InChI=1S/C21H21FN6O2/c1-29-12-11-24-21-25-18(13-3-9-16(30-2)10-4-13)17-19(23)28(27-20(17)26-21)15-7-5-14(22)6-8-15/h3-10H,11-12,23H2,1-2H3,(H,24,26,27). The maximum atomic E-state index is 13.3. The van der Waals surface area contributed by atoms with Gasteiger partial charge >= 0.3 is 0 Å². The minimum absolute atomic E-state index is 0.336. The number of benzene rings is 2. The molecule has 0 saturated carbocycles. The van der Waals surface area contributed by atoms with Crippen LogP contribution in [0.4, 0.5) is 16.2 Å². The summed E-state index contributed by atoms with van der Waals surface area (Å²) in [4.78, 5) is 9.17. The second-order valence-corrected chi connectivity index (χ2v) is 6.52. The van der Waals surface area contributed by atoms with E-state index < -0.39 is 0 Å². The molecule has 2 heterocycles. The largest absolute Gasteiger partial charge is 0.497 e. The fourth-order valence-electron chi connectivity index (χ4n) is 3.09. The second-order valence-electron chi connectivity index (χ2n) is 6.52. The lowest BCUT2D eigenvalue weighted by atomic mass is 10.1. The van der Waals surface area contributed by atoms with Gasteiger partial charge < -0.3 is 20.5 Å². The van der Waals surface area contributed by atoms with Crippen LogP contribution in [0.1, 0.15) is 0 Å². The minimum atomic E-state index is -0.336. The molecule has 0 aliphatic carbocycles. The number of nitrogens with one attached hydrogen (secondary N) is 1. The molecule has 0 bridgehead atoms. The number of rotatable bonds is 7. The topological polar surface area (TPSA) is 100 Å². The molecule has 2 aromatic carbocycles. The number of methoxy groups -OCH3 is 2. The number of hydrogen-bond acceptors (Lipinski definition) is 7. The third-order valence-corrected chi connectivity index (χ3v) is 4.59. The SMILES string of the molecule is COCCNc1nc(-c2ccc(OC)cc2)c2c(N)n(-c3ccc(F)cc3)nc2n1. The summed E-state index contributed by atoms with van der Waals surface area (Å²) in [6.45, 7) is 1.05. The first-order chi connectivity index (χ1) is 14.6. The van der Waals surface area contributed by atoms with Crippen LogP contribution in [0.25, 0.3) is 28.0 Å². The molecule has 4 rings (SSSR count). The highest BCUT2D eigenvalue weighted by Crippen LogP contribution is 2.33. The molecule has 0 radical (unpaired) electrons. The van der Waals surface area contributed by atoms with Crippen molar-refractivity contribution in [2.45, 2.75) is 0 Å². The van der Waals surface area contributed by atoms with Gasteiger partial charge in [-0.2, -0.15) is 4.98 Å². The van der Waals surface area contributed by atoms with E-state index in [2.05, 4.69) is 20.4 Å². The summed E-state index contributed by atoms with van der Waals surface area (Å²) in [6, 6.07) is 13.4. The van der Waals surface area contributed by atoms with Crippen LogP contribution in [0, 0.1) is 5.82 Å². The Hall–Kier alpha value is -3.72. The summed E-state index contributed by atoms with van der Waals surface area (Å²) in [5, 5.41) is 8.29. The molecular formula is C21H21FN6O2. The third kappa shape index (κ3) is 3.74. The number of nitrogen functional groups attached to an aromatic ring is 1. The van der Waals surface area contributed by atoms with Crippen molar-refractivity contribution >= 4 is 22.8 Å². The van der Waals surface area contributed by atoms with E-state index in [1.54, 1.807) is 26.4 Å². The Labute approximate surface area is 172 Å². The van der Waals surface area contributed by atoms with Gasteiger partial charge in [0.1, 0.15) is 17.4 Å². The fourth-order valence-corrected chi connectivity index (χ4v) is 3.09. The van der Waals surface area contributed by atoms with Crippen molar-refractivity contribution in [3.63, 3.8) is 0 Å². The highest BCUT2D eigenvalue weighted by molar-refractivity contribution is 5.99. The Bertz CT molecular complexity index is 1160. The van der Waals surface area contributed by atoms with Gasteiger partial charge in [-0.15, -0.1) is 5.10 Å². The molecular weight excluding hydrogens is 387 g/mol. The molecule has 8 nitrogen and oxygen atoms in total. The zero-order chi connectivity index (χ0) is 21.1. The average molecular weight is 408 g/mol. The molecule has 9 heteroatoms. The zero-order valence-electron chi connectivity index (χ0n) is 16.6. The maximum absolute atomic E-state index is 13.3. The Morgan fingerprint density at radius 3 is 2.43 bits per heavy atom. The number of halogens is 1. The van der Waals surface area contributed by atoms with E-state index in [0.29, 0.717) is 47.3 Å². The van der Waals surface area contributed by atoms with Gasteiger partial charge in [0, 0.05) is 19.2 Å². The first-order valence-corrected chi connectivity index (χ1v) is 9.30. The molecule has 3 N–H and O–H groups in total. The molecule has 2 aromatic heterocycles. The van der Waals surface area contributed by atoms with Gasteiger partial charge in [-0.05, 0) is 48.5 Å². The first-order valence-electron chi connectivity index (χ1n) is 9.30. The quantitative estimate of drug-likeness (QED) is 0.453. The highest BCUT2D eigenvalue weighted by atomic mass is 19.1. The van der Waals surface area contributed by atoms with Crippen molar-refractivity contribution in [3.8, 4) is 22.7 Å². The summed E-state index contributed by atoms with van der Waals surface area (Å²) in [6.07, 6.45) is 0. The van der Waals surface area contributed by atoms with Crippen LogP contribution in [0.3, 0.4) is 0 Å². The second kappa shape index (κ2) is 8.34. The molecule has 30 heavy (non-hydrogen) atoms. The molecule has 0 saturated heterocycles. The average Bonchev–Trinajstić information content (AvgIpc) is 3.10. The Balaban J connectivity index is 1.88. The van der Waals surface area contributed by atoms with E-state index in [-0.39, 0.29) is 5.82 Å². The lowest BCUT2D eigenvalue weighted by Crippen LogP contribution is -2.10. The third-order valence-electron chi connectivity index (χ3n) is 4.59. The van der Waals surface area contributed by atoms with Crippen LogP contribution in [0.15, 0.2) is 48.5 Å². The number of ether oxygens (including phenoxy) is 2. The van der Waals surface area contributed by atoms with Crippen molar-refractivity contribution in [3.05, 3.63) is 54.3 Å². The molecule has 0 fully saturated rings. The Morgan fingerprint density at radius 2 is 1.77 bits per heavy atom. The Morgan fingerprint density at radius 1 is 1.03 bits per heavy atom. The predicted octanol–water partition coefficient (Wildman–Crippen LogP) is 3.27. The maximum Gasteiger partial charge on any atom is 0.225 e. The zero-order valence-corrected chi connectivity index (χ0v) is 16.6. The van der Waals surface area contributed by atoms with Crippen LogP contribution in [0.2, 0.25) is 0 Å². The van der Waals surface area contributed by atoms with Gasteiger partial charge in [0.15, 0.2) is 5.65 Å². The molecule has 0 unspecified atom stereocenters. The number of hydrogen-bond donors (Lipinski definition) is 2. The van der Waals surface area contributed by atoms with Crippen LogP contribution < -0.4 is 15.8 Å². The van der Waals surface area contributed by atoms with Crippen molar-refractivity contribution in [2.75, 3.05) is 38.4 Å². The first kappa shape index (κ1) is 19.6. The van der Waals surface area contributed by atoms with E-state index >= 15 is 0 Å². The van der Waals surface area contributed by atoms with Gasteiger partial charge in [0.25, 0.3) is 0 Å². The predicted molar refractivity (Wildman–Crippen MR) is 113 cm³/mol. The Kier molecular flexibility index (Phi) is 5.44. The molecule has 154 valence electrons. The van der Waals surface area contributed by atoms with Crippen molar-refractivity contribution in [1.82, 2.24) is 19.7 Å². The van der Waals surface area contributed by atoms with Crippen LogP contribution in [-0.4, -0.2) is 47.1 Å². The number of aromatic nitrogens is 4. The lowest BCUT2D eigenvalue weighted by molar-refractivity contribution is 0.210. The van der Waals surface area contributed by atoms with Crippen LogP contribution in [0.5, 0.6) is 5.75 Å². The van der Waals surface area contributed by atoms with Gasteiger partial charge in [0.2, 0.25) is 5.95 Å². The van der Waals surface area contributed by atoms with Crippen molar-refractivity contribution in [1.29, 1.82) is 0 Å². The fraction of sp³-hybridized carbons (Fsp3) is 0.190. The van der Waals surface area contributed by atoms with Gasteiger partial charge in [-0.3, -0.25) is 0 Å². The molecule has 0 atom stereocenters. The molecule has 0 amide bonds. The molecule has 0 aliphatic heterocycles. The van der Waals surface area contributed by atoms with Gasteiger partial charge in [0.05, 0.1) is 30.5 Å². The van der Waals surface area contributed by atoms with Gasteiger partial charge in [-0.1, -0.05) is 0 Å². The van der Waals surface area contributed by atoms with E-state index in [9.17, 15) is 4.39 Å². The monoisotopic (exact) mass is 408 g/mol. The number of nitrogens with two attached hydrogens (primary N) is 1. The number of fused-ring (bicyclic) bond motifs is 1. The van der Waals surface area contributed by atoms with E-state index in [1.165, 1.54) is 16.8 Å². The lowest BCUT2D eigenvalue weighted by Gasteiger charge is -2.09. The van der Waals surface area contributed by atoms with E-state index in [1.807, 2.05) is 24.3 Å². The molecule has 4 aromatic rings. The summed E-state index contributed by atoms with van der Waals surface area (Å²) in [5.74, 6) is 1.18. The molecule has 0 aliphatic rings. The van der Waals surface area contributed by atoms with Crippen molar-refractivity contribution in [2.24, 2.45) is 0 Å². The summed E-state index contributed by atoms with van der Waals surface area (Å²) < 4.78 is 25.2. The van der Waals surface area contributed by atoms with Crippen LogP contribution >= 0.6 is 0 Å². The number of anilines is 2. The molecule has 0 spiro atoms. The highest BCUT2D eigenvalue weighted by Gasteiger charge is 2.19. The van der Waals surface area contributed by atoms with Crippen molar-refractivity contribution < 1.29 is 13.9 Å². The summed E-state index contributed by atoms with van der Waals surface area (Å²) >= 11 is 0. The smallest absolute Gasteiger partial charge is 0.225 e. The van der Waals surface area contributed by atoms with Crippen LogP contribution in [-0.2, 0) is 4.74 Å². The minimum Gasteiger partial charge on any atom is -0.497 e. The number of nitrogens with zero attached hydrogens (tertiary/aromatic N) is 4.